The highest BCUT2D eigenvalue weighted by Crippen LogP contribution is 2.43. The second-order valence-electron chi connectivity index (χ2n) is 8.12. The highest BCUT2D eigenvalue weighted by molar-refractivity contribution is 7.91. The minimum absolute atomic E-state index is 0.0926. The predicted octanol–water partition coefficient (Wildman–Crippen LogP) is 1.75. The van der Waals surface area contributed by atoms with Gasteiger partial charge in [0.1, 0.15) is 33.6 Å². The molecule has 176 valence electrons. The van der Waals surface area contributed by atoms with Crippen LogP contribution in [0, 0.1) is 5.82 Å². The summed E-state index contributed by atoms with van der Waals surface area (Å²) in [5.41, 5.74) is 0.419. The van der Waals surface area contributed by atoms with Crippen LogP contribution in [0.5, 0.6) is 17.2 Å². The Morgan fingerprint density at radius 1 is 1.30 bits per heavy atom. The molecule has 10 heteroatoms. The summed E-state index contributed by atoms with van der Waals surface area (Å²) in [6, 6.07) is 6.67. The van der Waals surface area contributed by atoms with Crippen molar-refractivity contribution >= 4 is 21.6 Å². The van der Waals surface area contributed by atoms with E-state index in [-0.39, 0.29) is 27.8 Å². The maximum absolute atomic E-state index is 14.5. The Morgan fingerprint density at radius 2 is 2.03 bits per heavy atom. The molecule has 4 N–H and O–H groups in total. The number of amidine groups is 1. The summed E-state index contributed by atoms with van der Waals surface area (Å²) in [6.07, 6.45) is 3.57. The molecule has 1 aliphatic heterocycles. The Hall–Kier alpha value is -3.40. The average molecular weight is 477 g/mol. The van der Waals surface area contributed by atoms with Crippen molar-refractivity contribution in [2.75, 3.05) is 12.8 Å². The zero-order valence-electron chi connectivity index (χ0n) is 18.9. The highest BCUT2D eigenvalue weighted by Gasteiger charge is 2.34. The minimum Gasteiger partial charge on any atom is -0.487 e. The maximum Gasteiger partial charge on any atom is 0.339 e. The molecule has 2 aromatic carbocycles. The van der Waals surface area contributed by atoms with Gasteiger partial charge in [0.25, 0.3) is 5.84 Å². The summed E-state index contributed by atoms with van der Waals surface area (Å²) in [4.78, 5) is 12.3. The number of nitrogens with two attached hydrogens (primary N) is 1. The van der Waals surface area contributed by atoms with E-state index in [2.05, 4.69) is 10.6 Å². The lowest BCUT2D eigenvalue weighted by atomic mass is 9.99. The van der Waals surface area contributed by atoms with Crippen LogP contribution in [0.15, 0.2) is 47.5 Å². The lowest BCUT2D eigenvalue weighted by Crippen LogP contribution is -2.49. The van der Waals surface area contributed by atoms with Crippen molar-refractivity contribution in [3.8, 4) is 17.2 Å². The molecule has 0 aliphatic carbocycles. The van der Waals surface area contributed by atoms with Crippen molar-refractivity contribution in [3.05, 3.63) is 59.6 Å². The van der Waals surface area contributed by atoms with Crippen molar-refractivity contribution in [2.45, 2.75) is 37.7 Å². The van der Waals surface area contributed by atoms with E-state index in [9.17, 15) is 17.6 Å². The van der Waals surface area contributed by atoms with E-state index in [1.807, 2.05) is 13.8 Å². The minimum atomic E-state index is -3.71. The van der Waals surface area contributed by atoms with Gasteiger partial charge in [-0.2, -0.15) is 0 Å². The van der Waals surface area contributed by atoms with E-state index in [0.717, 1.165) is 6.07 Å². The molecule has 3 rings (SSSR count). The molecule has 0 radical (unpaired) electrons. The molecule has 0 aromatic heterocycles. The smallest absolute Gasteiger partial charge is 0.339 e. The standard InChI is InChI=1S/C23H26FN3O5S/c1-5-33(29,30)20-7-6-15(12-17(20)24)31-18-10-14(22(28)27-21(25)8-9-26-4)11-19-16(18)13-23(2,3)32-19/h6-12,26H,5,13H2,1-4H3,(H2,25,27,28)/p+1/b9-8-. The Morgan fingerprint density at radius 3 is 2.67 bits per heavy atom. The molecule has 0 saturated carbocycles. The van der Waals surface area contributed by atoms with Gasteiger partial charge in [0.05, 0.1) is 11.3 Å². The molecule has 0 atom stereocenters. The monoisotopic (exact) mass is 476 g/mol. The Kier molecular flexibility index (Phi) is 6.78. The average Bonchev–Trinajstić information content (AvgIpc) is 3.06. The first-order valence-corrected chi connectivity index (χ1v) is 11.9. The van der Waals surface area contributed by atoms with E-state index in [4.69, 9.17) is 14.9 Å². The van der Waals surface area contributed by atoms with E-state index in [0.29, 0.717) is 23.5 Å². The summed E-state index contributed by atoms with van der Waals surface area (Å²) >= 11 is 0. The van der Waals surface area contributed by atoms with Crippen molar-refractivity contribution in [3.63, 3.8) is 0 Å². The SMILES string of the molecule is CCS(=O)(=O)c1ccc(Oc2cc(C(=O)NC(=[NH2+])/C=C\NC)cc3c2CC(C)(C)O3)cc1F. The van der Waals surface area contributed by atoms with E-state index in [1.165, 1.54) is 31.2 Å². The molecule has 1 amide bonds. The van der Waals surface area contributed by atoms with Crippen molar-refractivity contribution in [1.82, 2.24) is 10.6 Å². The topological polar surface area (TPSA) is 119 Å². The second-order valence-corrected chi connectivity index (χ2v) is 10.4. The molecule has 0 bridgehead atoms. The number of hydrogen-bond donors (Lipinski definition) is 3. The molecular formula is C23H27FN3O5S+. The van der Waals surface area contributed by atoms with Gasteiger partial charge in [-0.25, -0.2) is 22.9 Å². The van der Waals surface area contributed by atoms with E-state index >= 15 is 0 Å². The van der Waals surface area contributed by atoms with Crippen molar-refractivity contribution < 1.29 is 32.5 Å². The largest absolute Gasteiger partial charge is 0.487 e. The van der Waals surface area contributed by atoms with E-state index < -0.39 is 27.2 Å². The number of sulfone groups is 1. The summed E-state index contributed by atoms with van der Waals surface area (Å²) in [5.74, 6) is -0.607. The van der Waals surface area contributed by atoms with Gasteiger partial charge >= 0.3 is 5.91 Å². The van der Waals surface area contributed by atoms with Crippen LogP contribution < -0.4 is 25.5 Å². The lowest BCUT2D eigenvalue weighted by Gasteiger charge is -2.16. The van der Waals surface area contributed by atoms with Crippen LogP contribution in [-0.2, 0) is 16.3 Å². The summed E-state index contributed by atoms with van der Waals surface area (Å²) in [7, 11) is -2.01. The zero-order valence-corrected chi connectivity index (χ0v) is 19.7. The van der Waals surface area contributed by atoms with Gasteiger partial charge in [0.2, 0.25) is 0 Å². The Bertz CT molecular complexity index is 1240. The maximum atomic E-state index is 14.5. The van der Waals surface area contributed by atoms with E-state index in [1.54, 1.807) is 19.3 Å². The zero-order chi connectivity index (χ0) is 24.4. The van der Waals surface area contributed by atoms with Crippen LogP contribution in [0.1, 0.15) is 36.7 Å². The molecule has 0 fully saturated rings. The number of amides is 1. The van der Waals surface area contributed by atoms with Gasteiger partial charge in [0, 0.05) is 37.4 Å². The molecule has 33 heavy (non-hydrogen) atoms. The molecule has 2 aromatic rings. The Labute approximate surface area is 192 Å². The van der Waals surface area contributed by atoms with Crippen LogP contribution in [0.4, 0.5) is 4.39 Å². The number of carbonyl (C=O) groups is 1. The fourth-order valence-corrected chi connectivity index (χ4v) is 4.31. The van der Waals surface area contributed by atoms with Crippen LogP contribution in [0.3, 0.4) is 0 Å². The molecule has 1 heterocycles. The number of hydrogen-bond acceptors (Lipinski definition) is 6. The van der Waals surface area contributed by atoms with Crippen LogP contribution >= 0.6 is 0 Å². The number of nitrogens with one attached hydrogen (secondary N) is 2. The van der Waals surface area contributed by atoms with Gasteiger partial charge in [-0.15, -0.1) is 0 Å². The molecule has 1 aliphatic rings. The molecular weight excluding hydrogens is 449 g/mol. The number of ether oxygens (including phenoxy) is 2. The van der Waals surface area contributed by atoms with Gasteiger partial charge in [-0.3, -0.25) is 5.41 Å². The fourth-order valence-electron chi connectivity index (χ4n) is 3.36. The van der Waals surface area contributed by atoms with Crippen LogP contribution in [0.25, 0.3) is 0 Å². The van der Waals surface area contributed by atoms with Crippen LogP contribution in [0.2, 0.25) is 0 Å². The summed E-state index contributed by atoms with van der Waals surface area (Å²) in [6.45, 7) is 5.24. The number of halogens is 1. The van der Waals surface area contributed by atoms with Gasteiger partial charge in [-0.1, -0.05) is 6.92 Å². The number of benzene rings is 2. The molecule has 0 saturated heterocycles. The number of fused-ring (bicyclic) bond motifs is 1. The van der Waals surface area contributed by atoms with Gasteiger partial charge in [0.15, 0.2) is 9.84 Å². The normalized spacial score (nSPS) is 14.5. The first-order valence-electron chi connectivity index (χ1n) is 10.3. The third kappa shape index (κ3) is 5.51. The van der Waals surface area contributed by atoms with Crippen molar-refractivity contribution in [1.29, 1.82) is 0 Å². The summed E-state index contributed by atoms with van der Waals surface area (Å²) in [5, 5.41) is 11.1. The molecule has 0 unspecified atom stereocenters. The quantitative estimate of drug-likeness (QED) is 0.414. The van der Waals surface area contributed by atoms with Gasteiger partial charge in [-0.05, 0) is 38.1 Å². The Balaban J connectivity index is 1.96. The predicted molar refractivity (Wildman–Crippen MR) is 122 cm³/mol. The lowest BCUT2D eigenvalue weighted by molar-refractivity contribution is -0.115. The summed E-state index contributed by atoms with van der Waals surface area (Å²) < 4.78 is 50.4. The second kappa shape index (κ2) is 9.22. The number of rotatable bonds is 7. The fraction of sp³-hybridized carbons (Fsp3) is 0.304. The first-order chi connectivity index (χ1) is 15.5. The molecule has 8 nitrogen and oxygen atoms in total. The van der Waals surface area contributed by atoms with Crippen molar-refractivity contribution in [2.24, 2.45) is 0 Å². The van der Waals surface area contributed by atoms with Gasteiger partial charge < -0.3 is 14.8 Å². The highest BCUT2D eigenvalue weighted by atomic mass is 32.2. The third-order valence-corrected chi connectivity index (χ3v) is 6.71. The number of carbonyl (C=O) groups excluding carboxylic acids is 1. The first kappa shape index (κ1) is 24.2. The third-order valence-electron chi connectivity index (χ3n) is 4.95. The van der Waals surface area contributed by atoms with Crippen LogP contribution in [-0.4, -0.2) is 38.6 Å². The molecule has 0 spiro atoms.